The number of hydrogen-bond donors (Lipinski definition) is 1. The third kappa shape index (κ3) is 5.31. The lowest BCUT2D eigenvalue weighted by atomic mass is 10.1. The van der Waals surface area contributed by atoms with E-state index >= 15 is 0 Å². The van der Waals surface area contributed by atoms with E-state index in [1.54, 1.807) is 6.07 Å². The molecule has 0 spiro atoms. The predicted molar refractivity (Wildman–Crippen MR) is 109 cm³/mol. The molecular formula is C21H19BrN2O3. The Bertz CT molecular complexity index is 962. The second-order valence-electron chi connectivity index (χ2n) is 6.06. The van der Waals surface area contributed by atoms with E-state index in [0.717, 1.165) is 26.9 Å². The van der Waals surface area contributed by atoms with Crippen molar-refractivity contribution in [2.75, 3.05) is 6.61 Å². The first-order valence-electron chi connectivity index (χ1n) is 8.39. The molecule has 1 aromatic heterocycles. The van der Waals surface area contributed by atoms with Crippen LogP contribution in [0.4, 0.5) is 0 Å². The van der Waals surface area contributed by atoms with E-state index in [9.17, 15) is 4.79 Å². The van der Waals surface area contributed by atoms with Crippen LogP contribution in [0.1, 0.15) is 16.9 Å². The van der Waals surface area contributed by atoms with Crippen LogP contribution in [0, 0.1) is 13.8 Å². The van der Waals surface area contributed by atoms with Crippen molar-refractivity contribution in [2.24, 2.45) is 5.10 Å². The lowest BCUT2D eigenvalue weighted by molar-refractivity contribution is -0.123. The Morgan fingerprint density at radius 2 is 1.93 bits per heavy atom. The number of furan rings is 1. The number of ether oxygens (including phenoxy) is 1. The molecule has 0 bridgehead atoms. The average Bonchev–Trinajstić information content (AvgIpc) is 3.12. The maximum atomic E-state index is 11.9. The van der Waals surface area contributed by atoms with Gasteiger partial charge in [-0.1, -0.05) is 40.2 Å². The van der Waals surface area contributed by atoms with Gasteiger partial charge in [-0.15, -0.1) is 0 Å². The number of nitrogens with one attached hydrogen (secondary N) is 1. The fourth-order valence-corrected chi connectivity index (χ4v) is 2.66. The average molecular weight is 427 g/mol. The van der Waals surface area contributed by atoms with Gasteiger partial charge in [0.25, 0.3) is 5.91 Å². The number of rotatable bonds is 6. The van der Waals surface area contributed by atoms with E-state index in [-0.39, 0.29) is 12.5 Å². The third-order valence-corrected chi connectivity index (χ3v) is 4.37. The van der Waals surface area contributed by atoms with Crippen LogP contribution in [-0.4, -0.2) is 18.7 Å². The van der Waals surface area contributed by atoms with Crippen molar-refractivity contribution in [1.29, 1.82) is 0 Å². The number of amides is 1. The number of nitrogens with zero attached hydrogens (tertiary/aromatic N) is 1. The maximum absolute atomic E-state index is 11.9. The first-order valence-corrected chi connectivity index (χ1v) is 9.18. The number of benzene rings is 2. The van der Waals surface area contributed by atoms with Gasteiger partial charge in [0.2, 0.25) is 0 Å². The Kier molecular flexibility index (Phi) is 6.08. The molecule has 6 heteroatoms. The van der Waals surface area contributed by atoms with Gasteiger partial charge in [0.1, 0.15) is 17.3 Å². The van der Waals surface area contributed by atoms with Crippen molar-refractivity contribution in [3.8, 4) is 17.1 Å². The molecule has 1 N–H and O–H groups in total. The first kappa shape index (κ1) is 18.9. The predicted octanol–water partition coefficient (Wildman–Crippen LogP) is 4.86. The van der Waals surface area contributed by atoms with Crippen molar-refractivity contribution in [3.63, 3.8) is 0 Å². The van der Waals surface area contributed by atoms with Gasteiger partial charge in [-0.3, -0.25) is 4.79 Å². The van der Waals surface area contributed by atoms with Crippen LogP contribution in [0.2, 0.25) is 0 Å². The standard InChI is InChI=1S/C21H19BrN2O3/c1-14-3-4-15(2)20(11-14)26-13-21(25)24-23-12-18-9-10-19(27-18)16-5-7-17(22)8-6-16/h3-12H,13H2,1-2H3,(H,24,25)/b23-12-. The van der Waals surface area contributed by atoms with Gasteiger partial charge in [0.05, 0.1) is 6.21 Å². The minimum Gasteiger partial charge on any atom is -0.483 e. The number of hydrogen-bond acceptors (Lipinski definition) is 4. The number of aryl methyl sites for hydroxylation is 2. The smallest absolute Gasteiger partial charge is 0.277 e. The molecule has 0 fully saturated rings. The molecule has 3 aromatic rings. The first-order chi connectivity index (χ1) is 13.0. The highest BCUT2D eigenvalue weighted by Crippen LogP contribution is 2.23. The second kappa shape index (κ2) is 8.68. The van der Waals surface area contributed by atoms with Crippen molar-refractivity contribution >= 4 is 28.1 Å². The van der Waals surface area contributed by atoms with Crippen LogP contribution in [0.5, 0.6) is 5.75 Å². The summed E-state index contributed by atoms with van der Waals surface area (Å²) < 4.78 is 12.2. The summed E-state index contributed by atoms with van der Waals surface area (Å²) in [6.07, 6.45) is 1.46. The summed E-state index contributed by atoms with van der Waals surface area (Å²) in [5.41, 5.74) is 5.45. The monoisotopic (exact) mass is 426 g/mol. The minimum atomic E-state index is -0.341. The highest BCUT2D eigenvalue weighted by Gasteiger charge is 2.06. The molecule has 1 amide bonds. The maximum Gasteiger partial charge on any atom is 0.277 e. The van der Waals surface area contributed by atoms with Gasteiger partial charge in [-0.05, 0) is 55.3 Å². The molecule has 0 aliphatic rings. The van der Waals surface area contributed by atoms with Gasteiger partial charge in [-0.2, -0.15) is 5.10 Å². The summed E-state index contributed by atoms with van der Waals surface area (Å²) in [6.45, 7) is 3.80. The van der Waals surface area contributed by atoms with Crippen molar-refractivity contribution in [3.05, 3.63) is 76.0 Å². The molecule has 2 aromatic carbocycles. The molecule has 0 radical (unpaired) electrons. The van der Waals surface area contributed by atoms with Crippen LogP contribution in [0.25, 0.3) is 11.3 Å². The lowest BCUT2D eigenvalue weighted by Crippen LogP contribution is -2.24. The van der Waals surface area contributed by atoms with E-state index in [0.29, 0.717) is 11.5 Å². The molecule has 5 nitrogen and oxygen atoms in total. The Hall–Kier alpha value is -2.86. The molecular weight excluding hydrogens is 408 g/mol. The van der Waals surface area contributed by atoms with E-state index in [1.807, 2.05) is 62.4 Å². The molecule has 0 unspecified atom stereocenters. The fourth-order valence-electron chi connectivity index (χ4n) is 2.40. The zero-order valence-corrected chi connectivity index (χ0v) is 16.6. The molecule has 0 saturated heterocycles. The normalized spacial score (nSPS) is 10.9. The van der Waals surface area contributed by atoms with Crippen LogP contribution in [0.15, 0.2) is 68.6 Å². The van der Waals surface area contributed by atoms with Crippen LogP contribution in [0.3, 0.4) is 0 Å². The van der Waals surface area contributed by atoms with Gasteiger partial charge >= 0.3 is 0 Å². The molecule has 0 saturated carbocycles. The molecule has 0 aliphatic heterocycles. The minimum absolute atomic E-state index is 0.107. The summed E-state index contributed by atoms with van der Waals surface area (Å²) in [5.74, 6) is 1.63. The van der Waals surface area contributed by atoms with E-state index in [1.165, 1.54) is 6.21 Å². The van der Waals surface area contributed by atoms with Gasteiger partial charge in [-0.25, -0.2) is 5.43 Å². The van der Waals surface area contributed by atoms with Crippen molar-refractivity contribution < 1.29 is 13.9 Å². The SMILES string of the molecule is Cc1ccc(C)c(OCC(=O)N/N=C\c2ccc(-c3ccc(Br)cc3)o2)c1. The summed E-state index contributed by atoms with van der Waals surface area (Å²) in [7, 11) is 0. The van der Waals surface area contributed by atoms with E-state index in [4.69, 9.17) is 9.15 Å². The second-order valence-corrected chi connectivity index (χ2v) is 6.98. The third-order valence-electron chi connectivity index (χ3n) is 3.84. The Labute approximate surface area is 166 Å². The van der Waals surface area contributed by atoms with Crippen molar-refractivity contribution in [2.45, 2.75) is 13.8 Å². The van der Waals surface area contributed by atoms with Crippen LogP contribution < -0.4 is 10.2 Å². The lowest BCUT2D eigenvalue weighted by Gasteiger charge is -2.08. The fraction of sp³-hybridized carbons (Fsp3) is 0.143. The number of halogens is 1. The Morgan fingerprint density at radius 1 is 1.15 bits per heavy atom. The molecule has 3 rings (SSSR count). The molecule has 138 valence electrons. The van der Waals surface area contributed by atoms with Gasteiger partial charge < -0.3 is 9.15 Å². The molecule has 0 aliphatic carbocycles. The number of hydrazone groups is 1. The summed E-state index contributed by atoms with van der Waals surface area (Å²) >= 11 is 3.40. The topological polar surface area (TPSA) is 63.8 Å². The molecule has 0 atom stereocenters. The highest BCUT2D eigenvalue weighted by atomic mass is 79.9. The number of carbonyl (C=O) groups is 1. The summed E-state index contributed by atoms with van der Waals surface area (Å²) in [4.78, 5) is 11.9. The van der Waals surface area contributed by atoms with E-state index in [2.05, 4.69) is 26.5 Å². The number of carbonyl (C=O) groups excluding carboxylic acids is 1. The Morgan fingerprint density at radius 3 is 2.70 bits per heavy atom. The van der Waals surface area contributed by atoms with Crippen LogP contribution >= 0.6 is 15.9 Å². The van der Waals surface area contributed by atoms with Crippen molar-refractivity contribution in [1.82, 2.24) is 5.43 Å². The van der Waals surface area contributed by atoms with Gasteiger partial charge in [0, 0.05) is 10.0 Å². The highest BCUT2D eigenvalue weighted by molar-refractivity contribution is 9.10. The zero-order valence-electron chi connectivity index (χ0n) is 15.0. The van der Waals surface area contributed by atoms with Gasteiger partial charge in [0.15, 0.2) is 6.61 Å². The zero-order chi connectivity index (χ0) is 19.2. The van der Waals surface area contributed by atoms with E-state index < -0.39 is 0 Å². The molecule has 1 heterocycles. The summed E-state index contributed by atoms with van der Waals surface area (Å²) in [5, 5.41) is 3.91. The largest absolute Gasteiger partial charge is 0.483 e. The summed E-state index contributed by atoms with van der Waals surface area (Å²) in [6, 6.07) is 17.3. The Balaban J connectivity index is 1.52. The molecule has 27 heavy (non-hydrogen) atoms. The quantitative estimate of drug-likeness (QED) is 0.452. The van der Waals surface area contributed by atoms with Crippen LogP contribution in [-0.2, 0) is 4.79 Å².